The molecule has 1 N–H and O–H groups in total. The first-order valence-corrected chi connectivity index (χ1v) is 7.02. The zero-order chi connectivity index (χ0) is 14.7. The number of anilines is 1. The van der Waals surface area contributed by atoms with E-state index in [0.717, 1.165) is 4.88 Å². The van der Waals surface area contributed by atoms with Crippen LogP contribution in [0, 0.1) is 6.92 Å². The molecule has 4 nitrogen and oxygen atoms in total. The number of halogens is 1. The van der Waals surface area contributed by atoms with Crippen molar-refractivity contribution in [3.63, 3.8) is 0 Å². The topological polar surface area (TPSA) is 55.4 Å². The maximum atomic E-state index is 12.2. The van der Waals surface area contributed by atoms with E-state index in [1.54, 1.807) is 36.6 Å². The lowest BCUT2D eigenvalue weighted by atomic mass is 10.2. The van der Waals surface area contributed by atoms with E-state index in [1.807, 2.05) is 0 Å². The highest BCUT2D eigenvalue weighted by atomic mass is 35.5. The Morgan fingerprint density at radius 3 is 2.65 bits per heavy atom. The van der Waals surface area contributed by atoms with Crippen molar-refractivity contribution in [2.75, 3.05) is 12.4 Å². The normalized spacial score (nSPS) is 10.2. The van der Waals surface area contributed by atoms with Gasteiger partial charge >= 0.3 is 5.97 Å². The summed E-state index contributed by atoms with van der Waals surface area (Å²) >= 11 is 7.34. The fourth-order valence-electron chi connectivity index (χ4n) is 1.74. The number of ether oxygens (including phenoxy) is 1. The van der Waals surface area contributed by atoms with Crippen molar-refractivity contribution >= 4 is 40.5 Å². The molecule has 1 aromatic carbocycles. The molecule has 6 heteroatoms. The van der Waals surface area contributed by atoms with Crippen LogP contribution < -0.4 is 5.32 Å². The van der Waals surface area contributed by atoms with Gasteiger partial charge in [-0.1, -0.05) is 23.7 Å². The standard InChI is InChI=1S/C14H12ClNO3S/c1-8-12(14(18)19-2)11(7-20-8)16-13(17)9-5-3-4-6-10(9)15/h3-7H,1-2H3,(H,16,17). The van der Waals surface area contributed by atoms with E-state index in [9.17, 15) is 9.59 Å². The SMILES string of the molecule is COC(=O)c1c(NC(=O)c2ccccc2Cl)csc1C. The highest BCUT2D eigenvalue weighted by Gasteiger charge is 2.20. The molecule has 0 aliphatic rings. The second-order valence-corrected chi connectivity index (χ2v) is 5.50. The average Bonchev–Trinajstić information content (AvgIpc) is 2.79. The van der Waals surface area contributed by atoms with Crippen molar-refractivity contribution < 1.29 is 14.3 Å². The number of methoxy groups -OCH3 is 1. The number of nitrogens with one attached hydrogen (secondary N) is 1. The predicted molar refractivity (Wildman–Crippen MR) is 79.8 cm³/mol. The summed E-state index contributed by atoms with van der Waals surface area (Å²) in [5, 5.41) is 4.75. The number of esters is 1. The van der Waals surface area contributed by atoms with E-state index in [4.69, 9.17) is 16.3 Å². The highest BCUT2D eigenvalue weighted by molar-refractivity contribution is 7.10. The number of aryl methyl sites for hydroxylation is 1. The molecule has 0 saturated carbocycles. The van der Waals surface area contributed by atoms with Gasteiger partial charge in [0.25, 0.3) is 5.91 Å². The minimum absolute atomic E-state index is 0.355. The third-order valence-corrected chi connectivity index (χ3v) is 3.97. The van der Waals surface area contributed by atoms with Crippen molar-refractivity contribution in [3.8, 4) is 0 Å². The van der Waals surface area contributed by atoms with E-state index in [1.165, 1.54) is 18.4 Å². The largest absolute Gasteiger partial charge is 0.465 e. The molecule has 0 unspecified atom stereocenters. The van der Waals surface area contributed by atoms with Crippen molar-refractivity contribution in [2.24, 2.45) is 0 Å². The Balaban J connectivity index is 2.30. The molecule has 20 heavy (non-hydrogen) atoms. The fourth-order valence-corrected chi connectivity index (χ4v) is 2.74. The van der Waals surface area contributed by atoms with Crippen LogP contribution in [0.15, 0.2) is 29.6 Å². The van der Waals surface area contributed by atoms with Crippen molar-refractivity contribution in [2.45, 2.75) is 6.92 Å². The maximum Gasteiger partial charge on any atom is 0.341 e. The molecule has 1 heterocycles. The Labute approximate surface area is 125 Å². The van der Waals surface area contributed by atoms with Gasteiger partial charge in [-0.2, -0.15) is 0 Å². The molecule has 0 aliphatic heterocycles. The zero-order valence-electron chi connectivity index (χ0n) is 10.9. The third kappa shape index (κ3) is 2.84. The number of carbonyl (C=O) groups excluding carboxylic acids is 2. The third-order valence-electron chi connectivity index (χ3n) is 2.73. The molecule has 0 radical (unpaired) electrons. The number of benzene rings is 1. The summed E-state index contributed by atoms with van der Waals surface area (Å²) in [6.07, 6.45) is 0. The van der Waals surface area contributed by atoms with Crippen molar-refractivity contribution in [1.82, 2.24) is 0 Å². The van der Waals surface area contributed by atoms with Gasteiger partial charge in [-0.05, 0) is 19.1 Å². The quantitative estimate of drug-likeness (QED) is 0.879. The summed E-state index contributed by atoms with van der Waals surface area (Å²) in [5.74, 6) is -0.836. The fraction of sp³-hybridized carbons (Fsp3) is 0.143. The number of thiophene rings is 1. The smallest absolute Gasteiger partial charge is 0.341 e. The van der Waals surface area contributed by atoms with Crippen LogP contribution in [0.2, 0.25) is 5.02 Å². The van der Waals surface area contributed by atoms with Crippen LogP contribution in [0.1, 0.15) is 25.6 Å². The molecule has 0 atom stereocenters. The molecule has 104 valence electrons. The lowest BCUT2D eigenvalue weighted by Gasteiger charge is -2.07. The Morgan fingerprint density at radius 1 is 1.30 bits per heavy atom. The van der Waals surface area contributed by atoms with Gasteiger partial charge in [-0.3, -0.25) is 4.79 Å². The molecular formula is C14H12ClNO3S. The molecule has 2 aromatic rings. The van der Waals surface area contributed by atoms with E-state index < -0.39 is 5.97 Å². The van der Waals surface area contributed by atoms with Crippen LogP contribution in [0.25, 0.3) is 0 Å². The average molecular weight is 310 g/mol. The number of amides is 1. The molecule has 0 bridgehead atoms. The minimum Gasteiger partial charge on any atom is -0.465 e. The van der Waals surface area contributed by atoms with E-state index in [-0.39, 0.29) is 5.91 Å². The van der Waals surface area contributed by atoms with Gasteiger partial charge in [0, 0.05) is 10.3 Å². The van der Waals surface area contributed by atoms with Crippen molar-refractivity contribution in [3.05, 3.63) is 50.7 Å². The minimum atomic E-state index is -0.474. The summed E-state index contributed by atoms with van der Waals surface area (Å²) in [5.41, 5.74) is 1.16. The van der Waals surface area contributed by atoms with E-state index >= 15 is 0 Å². The molecule has 0 spiro atoms. The number of hydrogen-bond acceptors (Lipinski definition) is 4. The molecule has 0 aliphatic carbocycles. The molecule has 1 aromatic heterocycles. The van der Waals surface area contributed by atoms with Crippen LogP contribution in [0.3, 0.4) is 0 Å². The van der Waals surface area contributed by atoms with Gasteiger partial charge < -0.3 is 10.1 Å². The summed E-state index contributed by atoms with van der Waals surface area (Å²) < 4.78 is 4.72. The predicted octanol–water partition coefficient (Wildman–Crippen LogP) is 3.75. The van der Waals surface area contributed by atoms with E-state index in [0.29, 0.717) is 21.8 Å². The summed E-state index contributed by atoms with van der Waals surface area (Å²) in [7, 11) is 1.30. The lowest BCUT2D eigenvalue weighted by Crippen LogP contribution is -2.15. The van der Waals surface area contributed by atoms with Crippen LogP contribution in [0.4, 0.5) is 5.69 Å². The van der Waals surface area contributed by atoms with Gasteiger partial charge in [-0.15, -0.1) is 11.3 Å². The van der Waals surface area contributed by atoms with Crippen LogP contribution in [-0.2, 0) is 4.74 Å². The second kappa shape index (κ2) is 6.07. The Bertz CT molecular complexity index is 666. The van der Waals surface area contributed by atoms with Crippen LogP contribution in [-0.4, -0.2) is 19.0 Å². The molecule has 2 rings (SSSR count). The van der Waals surface area contributed by atoms with Gasteiger partial charge in [0.2, 0.25) is 0 Å². The maximum absolute atomic E-state index is 12.2. The van der Waals surface area contributed by atoms with Gasteiger partial charge in [0.15, 0.2) is 0 Å². The number of hydrogen-bond donors (Lipinski definition) is 1. The first-order valence-electron chi connectivity index (χ1n) is 5.77. The zero-order valence-corrected chi connectivity index (χ0v) is 12.5. The van der Waals surface area contributed by atoms with Crippen LogP contribution in [0.5, 0.6) is 0 Å². The van der Waals surface area contributed by atoms with Crippen molar-refractivity contribution in [1.29, 1.82) is 0 Å². The summed E-state index contributed by atoms with van der Waals surface area (Å²) in [6.45, 7) is 1.79. The Hall–Kier alpha value is -1.85. The monoisotopic (exact) mass is 309 g/mol. The first kappa shape index (κ1) is 14.6. The number of rotatable bonds is 3. The molecule has 0 fully saturated rings. The second-order valence-electron chi connectivity index (χ2n) is 4.01. The molecular weight excluding hydrogens is 298 g/mol. The lowest BCUT2D eigenvalue weighted by molar-refractivity contribution is 0.0602. The van der Waals surface area contributed by atoms with Gasteiger partial charge in [0.05, 0.1) is 28.9 Å². The summed E-state index contributed by atoms with van der Waals surface area (Å²) in [4.78, 5) is 24.7. The molecule has 1 amide bonds. The first-order chi connectivity index (χ1) is 9.54. The Kier molecular flexibility index (Phi) is 4.42. The van der Waals surface area contributed by atoms with Gasteiger partial charge in [-0.25, -0.2) is 4.79 Å². The highest BCUT2D eigenvalue weighted by Crippen LogP contribution is 2.28. The van der Waals surface area contributed by atoms with Crippen LogP contribution >= 0.6 is 22.9 Å². The Morgan fingerprint density at radius 2 is 2.00 bits per heavy atom. The van der Waals surface area contributed by atoms with Gasteiger partial charge in [0.1, 0.15) is 0 Å². The summed E-state index contributed by atoms with van der Waals surface area (Å²) in [6, 6.07) is 6.72. The molecule has 0 saturated heterocycles. The van der Waals surface area contributed by atoms with E-state index in [2.05, 4.69) is 5.32 Å². The number of carbonyl (C=O) groups is 2.